The summed E-state index contributed by atoms with van der Waals surface area (Å²) in [7, 11) is 1.59. The molecule has 0 aliphatic heterocycles. The molecule has 0 aliphatic rings. The largest absolute Gasteiger partial charge is 0.497 e. The minimum atomic E-state index is -0.359. The van der Waals surface area contributed by atoms with Gasteiger partial charge in [-0.1, -0.05) is 11.8 Å². The Balaban J connectivity index is 1.95. The molecule has 142 valence electrons. The third-order valence-electron chi connectivity index (χ3n) is 4.60. The van der Waals surface area contributed by atoms with E-state index in [-0.39, 0.29) is 16.6 Å². The number of ketones is 1. The van der Waals surface area contributed by atoms with E-state index in [2.05, 4.69) is 0 Å². The van der Waals surface area contributed by atoms with E-state index in [0.29, 0.717) is 28.4 Å². The number of hydrogen-bond donors (Lipinski definition) is 0. The number of hydrogen-bond acceptors (Lipinski definition) is 6. The minimum absolute atomic E-state index is 0.00167. The lowest BCUT2D eigenvalue weighted by molar-refractivity contribution is 0.0994. The summed E-state index contributed by atoms with van der Waals surface area (Å²) in [6.45, 7) is 8.24. The highest BCUT2D eigenvalue weighted by molar-refractivity contribution is 8.00. The summed E-state index contributed by atoms with van der Waals surface area (Å²) >= 11 is 2.86. The van der Waals surface area contributed by atoms with Crippen molar-refractivity contribution < 1.29 is 9.53 Å². The Morgan fingerprint density at radius 1 is 1.30 bits per heavy atom. The molecule has 0 amide bonds. The quantitative estimate of drug-likeness (QED) is 0.346. The van der Waals surface area contributed by atoms with Gasteiger partial charge in [0, 0.05) is 17.0 Å². The maximum atomic E-state index is 12.9. The summed E-state index contributed by atoms with van der Waals surface area (Å²) in [4.78, 5) is 32.2. The van der Waals surface area contributed by atoms with E-state index in [4.69, 9.17) is 9.72 Å². The van der Waals surface area contributed by atoms with E-state index >= 15 is 0 Å². The summed E-state index contributed by atoms with van der Waals surface area (Å²) in [5.74, 6) is 0.709. The zero-order valence-electron chi connectivity index (χ0n) is 16.0. The molecule has 1 unspecified atom stereocenters. The molecule has 2 aromatic heterocycles. The first-order chi connectivity index (χ1) is 12.9. The lowest BCUT2D eigenvalue weighted by atomic mass is 10.1. The Morgan fingerprint density at radius 3 is 2.56 bits per heavy atom. The summed E-state index contributed by atoms with van der Waals surface area (Å²) < 4.78 is 6.79. The fraction of sp³-hybridized carbons (Fsp3) is 0.350. The molecule has 0 fully saturated rings. The second-order valence-electron chi connectivity index (χ2n) is 6.26. The monoisotopic (exact) mass is 402 g/mol. The number of carbonyl (C=O) groups excluding carboxylic acids is 1. The van der Waals surface area contributed by atoms with Crippen molar-refractivity contribution in [2.75, 3.05) is 7.11 Å². The smallest absolute Gasteiger partial charge is 0.263 e. The Hall–Kier alpha value is -2.12. The molecule has 0 aliphatic carbocycles. The van der Waals surface area contributed by atoms with E-state index in [1.54, 1.807) is 35.9 Å². The fourth-order valence-electron chi connectivity index (χ4n) is 2.88. The van der Waals surface area contributed by atoms with Gasteiger partial charge in [0.05, 0.1) is 17.7 Å². The van der Waals surface area contributed by atoms with Crippen molar-refractivity contribution in [1.82, 2.24) is 9.55 Å². The van der Waals surface area contributed by atoms with Gasteiger partial charge in [0.25, 0.3) is 5.56 Å². The second-order valence-corrected chi connectivity index (χ2v) is 8.77. The normalized spacial score (nSPS) is 12.3. The predicted molar refractivity (Wildman–Crippen MR) is 112 cm³/mol. The number of carbonyl (C=O) groups is 1. The van der Waals surface area contributed by atoms with Crippen LogP contribution in [0.2, 0.25) is 0 Å². The molecule has 0 saturated carbocycles. The second kappa shape index (κ2) is 7.86. The third-order valence-corrected chi connectivity index (χ3v) is 6.79. The number of aryl methyl sites for hydroxylation is 2. The van der Waals surface area contributed by atoms with Gasteiger partial charge in [0.2, 0.25) is 0 Å². The van der Waals surface area contributed by atoms with Crippen LogP contribution in [-0.4, -0.2) is 27.7 Å². The van der Waals surface area contributed by atoms with Crippen molar-refractivity contribution in [3.05, 3.63) is 50.6 Å². The average Bonchev–Trinajstić information content (AvgIpc) is 2.95. The van der Waals surface area contributed by atoms with Gasteiger partial charge in [0.15, 0.2) is 10.9 Å². The van der Waals surface area contributed by atoms with Gasteiger partial charge in [-0.25, -0.2) is 4.98 Å². The maximum absolute atomic E-state index is 12.9. The first-order valence-electron chi connectivity index (χ1n) is 8.72. The molecule has 0 spiro atoms. The number of thioether (sulfide) groups is 1. The molecule has 1 atom stereocenters. The number of aromatic nitrogens is 2. The van der Waals surface area contributed by atoms with E-state index in [1.807, 2.05) is 27.7 Å². The molecule has 3 aromatic rings. The number of ether oxygens (including phenoxy) is 1. The van der Waals surface area contributed by atoms with E-state index < -0.39 is 0 Å². The summed E-state index contributed by atoms with van der Waals surface area (Å²) in [5, 5.41) is 0.922. The van der Waals surface area contributed by atoms with Crippen LogP contribution in [0.5, 0.6) is 5.75 Å². The number of Topliss-reactive ketones (excluding diaryl/α,β-unsaturated/α-hetero) is 1. The lowest BCUT2D eigenvalue weighted by Gasteiger charge is -2.14. The Labute approximate surface area is 166 Å². The van der Waals surface area contributed by atoms with Crippen LogP contribution >= 0.6 is 23.1 Å². The third kappa shape index (κ3) is 3.66. The van der Waals surface area contributed by atoms with Crippen molar-refractivity contribution in [3.63, 3.8) is 0 Å². The van der Waals surface area contributed by atoms with E-state index in [0.717, 1.165) is 15.3 Å². The first kappa shape index (κ1) is 19.6. The van der Waals surface area contributed by atoms with Crippen LogP contribution in [0.4, 0.5) is 0 Å². The molecule has 0 N–H and O–H groups in total. The first-order valence-corrected chi connectivity index (χ1v) is 10.4. The number of fused-ring (bicyclic) bond motifs is 1. The number of benzene rings is 1. The van der Waals surface area contributed by atoms with Gasteiger partial charge in [-0.3, -0.25) is 14.2 Å². The average molecular weight is 403 g/mol. The fourth-order valence-corrected chi connectivity index (χ4v) is 5.00. The molecule has 0 bridgehead atoms. The molecule has 0 saturated heterocycles. The van der Waals surface area contributed by atoms with Gasteiger partial charge in [-0.15, -0.1) is 11.3 Å². The van der Waals surface area contributed by atoms with Gasteiger partial charge in [-0.2, -0.15) is 0 Å². The van der Waals surface area contributed by atoms with E-state index in [9.17, 15) is 9.59 Å². The number of thiophene rings is 1. The van der Waals surface area contributed by atoms with Crippen LogP contribution in [0.3, 0.4) is 0 Å². The SMILES string of the molecule is CCn1c(SC(C)C(=O)c2ccc(OC)cc2)nc2sc(C)c(C)c2c1=O. The topological polar surface area (TPSA) is 61.2 Å². The van der Waals surface area contributed by atoms with Crippen LogP contribution in [0, 0.1) is 13.8 Å². The van der Waals surface area contributed by atoms with Gasteiger partial charge in [-0.05, 0) is 57.5 Å². The van der Waals surface area contributed by atoms with Crippen molar-refractivity contribution in [2.45, 2.75) is 44.6 Å². The van der Waals surface area contributed by atoms with Crippen molar-refractivity contribution in [1.29, 1.82) is 0 Å². The molecule has 3 rings (SSSR count). The number of nitrogens with zero attached hydrogens (tertiary/aromatic N) is 2. The molecule has 0 radical (unpaired) electrons. The highest BCUT2D eigenvalue weighted by Gasteiger charge is 2.22. The van der Waals surface area contributed by atoms with Gasteiger partial charge < -0.3 is 4.74 Å². The van der Waals surface area contributed by atoms with Crippen LogP contribution < -0.4 is 10.3 Å². The van der Waals surface area contributed by atoms with Crippen molar-refractivity contribution in [2.24, 2.45) is 0 Å². The molecule has 2 heterocycles. The van der Waals surface area contributed by atoms with Gasteiger partial charge >= 0.3 is 0 Å². The predicted octanol–water partition coefficient (Wildman–Crippen LogP) is 4.47. The Kier molecular flexibility index (Phi) is 5.72. The van der Waals surface area contributed by atoms with Gasteiger partial charge in [0.1, 0.15) is 10.6 Å². The lowest BCUT2D eigenvalue weighted by Crippen LogP contribution is -2.24. The minimum Gasteiger partial charge on any atom is -0.497 e. The Bertz CT molecular complexity index is 1050. The molecule has 7 heteroatoms. The van der Waals surface area contributed by atoms with Crippen LogP contribution in [-0.2, 0) is 6.54 Å². The molecule has 27 heavy (non-hydrogen) atoms. The summed E-state index contributed by atoms with van der Waals surface area (Å²) in [6.07, 6.45) is 0. The maximum Gasteiger partial charge on any atom is 0.263 e. The van der Waals surface area contributed by atoms with Crippen LogP contribution in [0.1, 0.15) is 34.6 Å². The molecule has 5 nitrogen and oxygen atoms in total. The number of methoxy groups -OCH3 is 1. The zero-order valence-corrected chi connectivity index (χ0v) is 17.7. The Morgan fingerprint density at radius 2 is 1.96 bits per heavy atom. The summed E-state index contributed by atoms with van der Waals surface area (Å²) in [5.41, 5.74) is 1.58. The standard InChI is InChI=1S/C20H22N2O3S2/c1-6-22-19(24)16-11(2)12(3)26-18(16)21-20(22)27-13(4)17(23)14-7-9-15(25-5)10-8-14/h7-10,13H,6H2,1-5H3. The van der Waals surface area contributed by atoms with Crippen LogP contribution in [0.15, 0.2) is 34.2 Å². The van der Waals surface area contributed by atoms with Crippen molar-refractivity contribution in [3.8, 4) is 5.75 Å². The van der Waals surface area contributed by atoms with E-state index in [1.165, 1.54) is 23.1 Å². The zero-order chi connectivity index (χ0) is 19.7. The molecular weight excluding hydrogens is 380 g/mol. The summed E-state index contributed by atoms with van der Waals surface area (Å²) in [6, 6.07) is 7.06. The molecular formula is C20H22N2O3S2. The number of rotatable bonds is 6. The highest BCUT2D eigenvalue weighted by Crippen LogP contribution is 2.30. The highest BCUT2D eigenvalue weighted by atomic mass is 32.2. The van der Waals surface area contributed by atoms with Crippen LogP contribution in [0.25, 0.3) is 10.2 Å². The van der Waals surface area contributed by atoms with Crippen molar-refractivity contribution >= 4 is 39.1 Å². The molecule has 1 aromatic carbocycles.